The molecule has 32 heavy (non-hydrogen) atoms. The lowest BCUT2D eigenvalue weighted by Crippen LogP contribution is -2.20. The molecule has 0 radical (unpaired) electrons. The van der Waals surface area contributed by atoms with Crippen molar-refractivity contribution >= 4 is 28.6 Å². The second kappa shape index (κ2) is 9.61. The lowest BCUT2D eigenvalue weighted by molar-refractivity contribution is 0.373. The predicted octanol–water partition coefficient (Wildman–Crippen LogP) is 4.66. The first-order chi connectivity index (χ1) is 15.7. The molecule has 4 rings (SSSR count). The maximum atomic E-state index is 9.77. The number of nitrogens with one attached hydrogen (secondary N) is 1. The second-order valence-corrected chi connectivity index (χ2v) is 6.82. The molecule has 1 aromatic heterocycles. The Morgan fingerprint density at radius 2 is 1.69 bits per heavy atom. The molecular weight excluding hydrogens is 404 g/mol. The fraction of sp³-hybridized carbons (Fsp3) is 0.0800. The van der Waals surface area contributed by atoms with E-state index in [1.54, 1.807) is 31.5 Å². The highest BCUT2D eigenvalue weighted by atomic mass is 16.5. The number of benzene rings is 3. The van der Waals surface area contributed by atoms with E-state index in [0.29, 0.717) is 28.7 Å². The average Bonchev–Trinajstić information content (AvgIpc) is 2.84. The molecule has 0 unspecified atom stereocenters. The number of pyridine rings is 1. The third-order valence-corrected chi connectivity index (χ3v) is 4.75. The topological polar surface area (TPSA) is 88.3 Å². The third kappa shape index (κ3) is 4.67. The number of ether oxygens (including phenoxy) is 2. The molecule has 0 saturated carbocycles. The van der Waals surface area contributed by atoms with Gasteiger partial charge in [-0.15, -0.1) is 0 Å². The van der Waals surface area contributed by atoms with Crippen molar-refractivity contribution in [2.75, 3.05) is 14.2 Å². The first-order valence-electron chi connectivity index (χ1n) is 9.92. The number of hydrazone groups is 1. The molecule has 0 bridgehead atoms. The smallest absolute Gasteiger partial charge is 0.173 e. The standard InChI is InChI=1S/C25H22N4O3/c1-31-23-10-6-5-9-20(23)28-25(21-13-12-18-7-3-4-8-19(18)27-21)29-26-16-17-11-14-22(30)24(15-17)32-2/h3-16,30H,1-2H3,(H,28,29). The van der Waals surface area contributed by atoms with E-state index < -0.39 is 0 Å². The molecule has 0 spiro atoms. The Labute approximate surface area is 185 Å². The van der Waals surface area contributed by atoms with Crippen molar-refractivity contribution in [2.24, 2.45) is 10.1 Å². The number of hydrogen-bond donors (Lipinski definition) is 2. The molecule has 0 fully saturated rings. The number of hydrogen-bond acceptors (Lipinski definition) is 6. The van der Waals surface area contributed by atoms with Crippen LogP contribution in [0.2, 0.25) is 0 Å². The highest BCUT2D eigenvalue weighted by Gasteiger charge is 2.09. The SMILES string of the molecule is COc1cc(C=NNC(=Nc2ccccc2OC)c2ccc3ccccc3n2)ccc1O. The van der Waals surface area contributed by atoms with Crippen LogP contribution in [0.1, 0.15) is 11.3 Å². The summed E-state index contributed by atoms with van der Waals surface area (Å²) in [5, 5.41) is 15.1. The van der Waals surface area contributed by atoms with Crippen molar-refractivity contribution in [3.05, 3.63) is 90.1 Å². The molecule has 0 aliphatic heterocycles. The van der Waals surface area contributed by atoms with Gasteiger partial charge in [0.15, 0.2) is 17.3 Å². The van der Waals surface area contributed by atoms with Gasteiger partial charge in [-0.05, 0) is 48.0 Å². The normalized spacial score (nSPS) is 11.6. The summed E-state index contributed by atoms with van der Waals surface area (Å²) in [7, 11) is 3.10. The zero-order valence-corrected chi connectivity index (χ0v) is 17.7. The molecule has 0 aliphatic rings. The van der Waals surface area contributed by atoms with Crippen LogP contribution in [0.25, 0.3) is 10.9 Å². The van der Waals surface area contributed by atoms with Gasteiger partial charge in [-0.3, -0.25) is 5.43 Å². The van der Waals surface area contributed by atoms with Crippen LogP contribution in [-0.2, 0) is 0 Å². The van der Waals surface area contributed by atoms with E-state index in [-0.39, 0.29) is 5.75 Å². The summed E-state index contributed by atoms with van der Waals surface area (Å²) in [6, 6.07) is 24.2. The molecule has 0 aliphatic carbocycles. The maximum Gasteiger partial charge on any atom is 0.173 e. The van der Waals surface area contributed by atoms with Gasteiger partial charge in [0.1, 0.15) is 17.1 Å². The molecule has 4 aromatic rings. The Bertz CT molecular complexity index is 1300. The van der Waals surface area contributed by atoms with E-state index in [0.717, 1.165) is 16.5 Å². The Morgan fingerprint density at radius 1 is 0.906 bits per heavy atom. The summed E-state index contributed by atoms with van der Waals surface area (Å²) in [4.78, 5) is 9.46. The Balaban J connectivity index is 1.70. The number of phenols is 1. The lowest BCUT2D eigenvalue weighted by atomic mass is 10.2. The second-order valence-electron chi connectivity index (χ2n) is 6.82. The van der Waals surface area contributed by atoms with Gasteiger partial charge in [0.05, 0.1) is 26.0 Å². The van der Waals surface area contributed by atoms with Crippen molar-refractivity contribution in [2.45, 2.75) is 0 Å². The van der Waals surface area contributed by atoms with Crippen LogP contribution in [0.5, 0.6) is 17.2 Å². The van der Waals surface area contributed by atoms with E-state index >= 15 is 0 Å². The molecule has 0 saturated heterocycles. The van der Waals surface area contributed by atoms with Crippen LogP contribution in [0.15, 0.2) is 89.0 Å². The molecule has 0 amide bonds. The number of aromatic nitrogens is 1. The van der Waals surface area contributed by atoms with Gasteiger partial charge in [0.25, 0.3) is 0 Å². The van der Waals surface area contributed by atoms with E-state index in [1.165, 1.54) is 7.11 Å². The zero-order valence-electron chi connectivity index (χ0n) is 17.7. The van der Waals surface area contributed by atoms with Crippen LogP contribution < -0.4 is 14.9 Å². The first kappa shape index (κ1) is 20.9. The van der Waals surface area contributed by atoms with Crippen molar-refractivity contribution in [1.29, 1.82) is 0 Å². The first-order valence-corrected chi connectivity index (χ1v) is 9.92. The summed E-state index contributed by atoms with van der Waals surface area (Å²) in [6.07, 6.45) is 1.61. The molecule has 1 heterocycles. The summed E-state index contributed by atoms with van der Waals surface area (Å²) < 4.78 is 10.6. The lowest BCUT2D eigenvalue weighted by Gasteiger charge is -2.09. The van der Waals surface area contributed by atoms with E-state index in [2.05, 4.69) is 10.5 Å². The van der Waals surface area contributed by atoms with Crippen molar-refractivity contribution < 1.29 is 14.6 Å². The van der Waals surface area contributed by atoms with Gasteiger partial charge in [0.2, 0.25) is 0 Å². The van der Waals surface area contributed by atoms with Crippen LogP contribution in [0.3, 0.4) is 0 Å². The summed E-state index contributed by atoms with van der Waals surface area (Å²) in [5.74, 6) is 1.53. The highest BCUT2D eigenvalue weighted by molar-refractivity contribution is 6.01. The highest BCUT2D eigenvalue weighted by Crippen LogP contribution is 2.27. The Hall–Kier alpha value is -4.39. The van der Waals surface area contributed by atoms with Gasteiger partial charge >= 0.3 is 0 Å². The number of nitrogens with zero attached hydrogens (tertiary/aromatic N) is 3. The van der Waals surface area contributed by atoms with Crippen molar-refractivity contribution in [3.8, 4) is 17.2 Å². The van der Waals surface area contributed by atoms with Crippen LogP contribution in [-0.4, -0.2) is 36.4 Å². The number of fused-ring (bicyclic) bond motifs is 1. The van der Waals surface area contributed by atoms with Crippen LogP contribution in [0.4, 0.5) is 5.69 Å². The van der Waals surface area contributed by atoms with Gasteiger partial charge < -0.3 is 14.6 Å². The van der Waals surface area contributed by atoms with E-state index in [4.69, 9.17) is 19.5 Å². The average molecular weight is 426 g/mol. The van der Waals surface area contributed by atoms with Gasteiger partial charge in [-0.1, -0.05) is 36.4 Å². The number of methoxy groups -OCH3 is 2. The minimum absolute atomic E-state index is 0.0661. The number of para-hydroxylation sites is 3. The van der Waals surface area contributed by atoms with E-state index in [1.807, 2.05) is 60.7 Å². The predicted molar refractivity (Wildman–Crippen MR) is 126 cm³/mol. The fourth-order valence-corrected chi connectivity index (χ4v) is 3.12. The minimum Gasteiger partial charge on any atom is -0.504 e. The molecule has 160 valence electrons. The maximum absolute atomic E-state index is 9.77. The van der Waals surface area contributed by atoms with Crippen molar-refractivity contribution in [3.63, 3.8) is 0 Å². The number of rotatable bonds is 6. The molecule has 0 atom stereocenters. The van der Waals surface area contributed by atoms with E-state index in [9.17, 15) is 5.11 Å². The monoisotopic (exact) mass is 426 g/mol. The zero-order chi connectivity index (χ0) is 22.3. The summed E-state index contributed by atoms with van der Waals surface area (Å²) in [6.45, 7) is 0. The Kier molecular flexibility index (Phi) is 6.27. The largest absolute Gasteiger partial charge is 0.504 e. The summed E-state index contributed by atoms with van der Waals surface area (Å²) >= 11 is 0. The van der Waals surface area contributed by atoms with Gasteiger partial charge in [-0.25, -0.2) is 9.98 Å². The minimum atomic E-state index is 0.0661. The molecule has 7 nitrogen and oxygen atoms in total. The van der Waals surface area contributed by atoms with Gasteiger partial charge in [0, 0.05) is 5.39 Å². The fourth-order valence-electron chi connectivity index (χ4n) is 3.12. The number of aromatic hydroxyl groups is 1. The molecule has 7 heteroatoms. The summed E-state index contributed by atoms with van der Waals surface area (Å²) in [5.41, 5.74) is 5.88. The molecule has 2 N–H and O–H groups in total. The van der Waals surface area contributed by atoms with Crippen LogP contribution in [0, 0.1) is 0 Å². The molecule has 3 aromatic carbocycles. The molecular formula is C25H22N4O3. The quantitative estimate of drug-likeness (QED) is 0.266. The Morgan fingerprint density at radius 3 is 2.53 bits per heavy atom. The van der Waals surface area contributed by atoms with Crippen LogP contribution >= 0.6 is 0 Å². The van der Waals surface area contributed by atoms with Gasteiger partial charge in [-0.2, -0.15) is 5.10 Å². The van der Waals surface area contributed by atoms with Crippen molar-refractivity contribution in [1.82, 2.24) is 10.4 Å². The number of amidine groups is 1. The third-order valence-electron chi connectivity index (χ3n) is 4.75. The number of phenolic OH excluding ortho intramolecular Hbond substituents is 1. The number of aliphatic imine (C=N–C) groups is 1.